The van der Waals surface area contributed by atoms with Crippen LogP contribution in [-0.4, -0.2) is 15.4 Å². The van der Waals surface area contributed by atoms with Gasteiger partial charge in [0.15, 0.2) is 0 Å². The highest BCUT2D eigenvalue weighted by Crippen LogP contribution is 2.22. The topological polar surface area (TPSA) is 29.0 Å². The predicted octanol–water partition coefficient (Wildman–Crippen LogP) is 1.68. The fourth-order valence-electron chi connectivity index (χ4n) is 1.70. The molecule has 1 aromatic heterocycles. The fraction of sp³-hybridized carbons (Fsp3) is 0.308. The Balaban J connectivity index is 1.99. The van der Waals surface area contributed by atoms with Gasteiger partial charge in [0.25, 0.3) is 0 Å². The Morgan fingerprint density at radius 3 is 2.65 bits per heavy atom. The Bertz CT molecular complexity index is 462. The van der Waals surface area contributed by atoms with Gasteiger partial charge in [-0.3, -0.25) is 0 Å². The highest BCUT2D eigenvalue weighted by molar-refractivity contribution is 7.99. The van der Waals surface area contributed by atoms with Crippen molar-refractivity contribution in [2.75, 3.05) is 5.75 Å². The quantitative estimate of drug-likeness (QED) is 0.660. The van der Waals surface area contributed by atoms with Crippen LogP contribution in [0.5, 0.6) is 0 Å². The molecule has 0 bridgehead atoms. The van der Waals surface area contributed by atoms with E-state index in [9.17, 15) is 5.11 Å². The van der Waals surface area contributed by atoms with Crippen molar-refractivity contribution < 1.29 is 9.67 Å². The van der Waals surface area contributed by atoms with E-state index in [0.717, 1.165) is 10.7 Å². The second-order valence-electron chi connectivity index (χ2n) is 4.04. The fourth-order valence-corrected chi connectivity index (χ4v) is 2.73. The van der Waals surface area contributed by atoms with E-state index in [0.29, 0.717) is 5.75 Å². The lowest BCUT2D eigenvalue weighted by Gasteiger charge is -2.08. The molecule has 0 aliphatic carbocycles. The summed E-state index contributed by atoms with van der Waals surface area (Å²) >= 11 is 1.66. The molecule has 2 rings (SSSR count). The van der Waals surface area contributed by atoms with Crippen LogP contribution in [0, 0.1) is 0 Å². The molecule has 17 heavy (non-hydrogen) atoms. The second-order valence-corrected chi connectivity index (χ2v) is 5.03. The molecule has 0 aliphatic rings. The maximum atomic E-state index is 10.1. The first-order chi connectivity index (χ1) is 8.18. The van der Waals surface area contributed by atoms with Gasteiger partial charge in [-0.05, 0) is 17.3 Å². The number of benzene rings is 1. The average Bonchev–Trinajstić information content (AvgIpc) is 2.67. The van der Waals surface area contributed by atoms with Gasteiger partial charge in [0.2, 0.25) is 0 Å². The molecule has 0 saturated carbocycles. The van der Waals surface area contributed by atoms with E-state index in [1.807, 2.05) is 56.8 Å². The maximum absolute atomic E-state index is 10.1. The number of aromatic nitrogens is 2. The van der Waals surface area contributed by atoms with E-state index in [-0.39, 0.29) is 0 Å². The molecule has 0 aliphatic heterocycles. The van der Waals surface area contributed by atoms with Gasteiger partial charge in [-0.25, -0.2) is 9.13 Å². The van der Waals surface area contributed by atoms with Crippen molar-refractivity contribution in [2.24, 2.45) is 14.1 Å². The van der Waals surface area contributed by atoms with Crippen molar-refractivity contribution in [2.45, 2.75) is 11.3 Å². The molecule has 3 nitrogen and oxygen atoms in total. The van der Waals surface area contributed by atoms with Crippen molar-refractivity contribution in [3.8, 4) is 0 Å². The Labute approximate surface area is 106 Å². The summed E-state index contributed by atoms with van der Waals surface area (Å²) in [5, 5.41) is 11.2. The largest absolute Gasteiger partial charge is 0.388 e. The summed E-state index contributed by atoms with van der Waals surface area (Å²) in [5.41, 5.74) is 0.969. The van der Waals surface area contributed by atoms with Crippen LogP contribution in [0.15, 0.2) is 47.9 Å². The summed E-state index contributed by atoms with van der Waals surface area (Å²) in [7, 11) is 4.02. The minimum absolute atomic E-state index is 0.420. The molecule has 0 fully saturated rings. The van der Waals surface area contributed by atoms with Crippen molar-refractivity contribution in [3.05, 3.63) is 48.3 Å². The van der Waals surface area contributed by atoms with Crippen LogP contribution in [-0.2, 0) is 14.1 Å². The molecule has 0 unspecified atom stereocenters. The number of rotatable bonds is 4. The molecule has 1 N–H and O–H groups in total. The van der Waals surface area contributed by atoms with E-state index in [1.165, 1.54) is 0 Å². The van der Waals surface area contributed by atoms with Gasteiger partial charge in [0.05, 0.1) is 20.2 Å². The number of aliphatic hydroxyl groups is 1. The number of nitrogens with zero attached hydrogens (tertiary/aromatic N) is 2. The number of imidazole rings is 1. The lowest BCUT2D eigenvalue weighted by molar-refractivity contribution is -0.709. The Hall–Kier alpha value is -1.26. The molecule has 1 aromatic carbocycles. The SMILES string of the molecule is Cn1cc[n+](C)c1SC[C@@H](O)c1ccccc1. The van der Waals surface area contributed by atoms with Crippen LogP contribution in [0.4, 0.5) is 0 Å². The van der Waals surface area contributed by atoms with Gasteiger partial charge < -0.3 is 5.11 Å². The van der Waals surface area contributed by atoms with Crippen LogP contribution >= 0.6 is 11.8 Å². The average molecular weight is 249 g/mol. The highest BCUT2D eigenvalue weighted by atomic mass is 32.2. The van der Waals surface area contributed by atoms with Crippen molar-refractivity contribution in [1.82, 2.24) is 4.57 Å². The second kappa shape index (κ2) is 5.38. The number of hydrogen-bond acceptors (Lipinski definition) is 2. The summed E-state index contributed by atoms with van der Waals surface area (Å²) in [6.07, 6.45) is 3.60. The van der Waals surface area contributed by atoms with Gasteiger partial charge in [-0.2, -0.15) is 0 Å². The van der Waals surface area contributed by atoms with E-state index < -0.39 is 6.10 Å². The third-order valence-corrected chi connectivity index (χ3v) is 3.99. The normalized spacial score (nSPS) is 12.6. The Kier molecular flexibility index (Phi) is 3.86. The van der Waals surface area contributed by atoms with E-state index in [2.05, 4.69) is 9.13 Å². The number of thioether (sulfide) groups is 1. The van der Waals surface area contributed by atoms with Crippen LogP contribution < -0.4 is 4.57 Å². The van der Waals surface area contributed by atoms with E-state index in [1.54, 1.807) is 11.8 Å². The molecular weight excluding hydrogens is 232 g/mol. The zero-order valence-corrected chi connectivity index (χ0v) is 10.9. The molecule has 0 radical (unpaired) electrons. The standard InChI is InChI=1S/C13H17N2OS/c1-14-8-9-15(2)13(14)17-10-12(16)11-6-4-3-5-7-11/h3-9,12,16H,10H2,1-2H3/q+1/t12-/m1/s1. The summed E-state index contributed by atoms with van der Waals surface area (Å²) in [6.45, 7) is 0. The molecule has 0 amide bonds. The first-order valence-electron chi connectivity index (χ1n) is 5.55. The van der Waals surface area contributed by atoms with Crippen molar-refractivity contribution >= 4 is 11.8 Å². The van der Waals surface area contributed by atoms with Gasteiger partial charge in [0.1, 0.15) is 12.4 Å². The Morgan fingerprint density at radius 2 is 2.06 bits per heavy atom. The summed E-state index contributed by atoms with van der Waals surface area (Å²) in [5.74, 6) is 0.662. The summed E-state index contributed by atoms with van der Waals surface area (Å²) < 4.78 is 4.12. The molecule has 0 spiro atoms. The minimum Gasteiger partial charge on any atom is -0.388 e. The minimum atomic E-state index is -0.420. The molecule has 1 atom stereocenters. The third-order valence-electron chi connectivity index (χ3n) is 2.67. The maximum Gasteiger partial charge on any atom is 0.317 e. The third kappa shape index (κ3) is 2.90. The summed E-state index contributed by atoms with van der Waals surface area (Å²) in [4.78, 5) is 0. The molecule has 1 heterocycles. The first-order valence-corrected chi connectivity index (χ1v) is 6.54. The highest BCUT2D eigenvalue weighted by Gasteiger charge is 2.15. The van der Waals surface area contributed by atoms with Crippen molar-refractivity contribution in [3.63, 3.8) is 0 Å². The lowest BCUT2D eigenvalue weighted by Crippen LogP contribution is -2.28. The van der Waals surface area contributed by atoms with Crippen molar-refractivity contribution in [1.29, 1.82) is 0 Å². The van der Waals surface area contributed by atoms with E-state index in [4.69, 9.17) is 0 Å². The van der Waals surface area contributed by atoms with Gasteiger partial charge in [-0.1, -0.05) is 30.3 Å². The monoisotopic (exact) mass is 249 g/mol. The number of aliphatic hydroxyl groups excluding tert-OH is 1. The predicted molar refractivity (Wildman–Crippen MR) is 68.7 cm³/mol. The lowest BCUT2D eigenvalue weighted by atomic mass is 10.1. The number of aryl methyl sites for hydroxylation is 2. The van der Waals surface area contributed by atoms with Gasteiger partial charge >= 0.3 is 5.16 Å². The molecule has 2 aromatic rings. The van der Waals surface area contributed by atoms with Gasteiger partial charge in [0, 0.05) is 5.75 Å². The number of hydrogen-bond donors (Lipinski definition) is 1. The Morgan fingerprint density at radius 1 is 1.35 bits per heavy atom. The van der Waals surface area contributed by atoms with E-state index >= 15 is 0 Å². The van der Waals surface area contributed by atoms with Crippen LogP contribution in [0.3, 0.4) is 0 Å². The van der Waals surface area contributed by atoms with Gasteiger partial charge in [-0.15, -0.1) is 0 Å². The molecule has 0 saturated heterocycles. The molecule has 90 valence electrons. The van der Waals surface area contributed by atoms with Crippen LogP contribution in [0.2, 0.25) is 0 Å². The van der Waals surface area contributed by atoms with Crippen LogP contribution in [0.1, 0.15) is 11.7 Å². The first kappa shape index (κ1) is 12.2. The molecule has 4 heteroatoms. The summed E-state index contributed by atoms with van der Waals surface area (Å²) in [6, 6.07) is 9.77. The molecular formula is C13H17N2OS+. The smallest absolute Gasteiger partial charge is 0.317 e. The zero-order valence-electron chi connectivity index (χ0n) is 10.1. The van der Waals surface area contributed by atoms with Crippen LogP contribution in [0.25, 0.3) is 0 Å². The zero-order chi connectivity index (χ0) is 12.3.